The van der Waals surface area contributed by atoms with Gasteiger partial charge in [-0.2, -0.15) is 0 Å². The minimum Gasteiger partial charge on any atom is -0.341 e. The Morgan fingerprint density at radius 3 is 2.87 bits per heavy atom. The summed E-state index contributed by atoms with van der Waals surface area (Å²) in [4.78, 5) is 10.9. The highest BCUT2D eigenvalue weighted by Crippen LogP contribution is 2.23. The number of aromatic nitrogens is 2. The molecule has 1 aliphatic rings. The smallest absolute Gasteiger partial charge is 0.225 e. The van der Waals surface area contributed by atoms with Crippen LogP contribution >= 0.6 is 34.2 Å². The molecule has 2 heterocycles. The molecule has 1 saturated heterocycles. The molecule has 1 atom stereocenters. The third kappa shape index (κ3) is 2.93. The Kier molecular flexibility index (Phi) is 4.02. The standard InChI is InChI=1S/C10H13ClIN3/c11-3-1-8-2-4-15(7-8)10-13-5-9(12)6-14-10/h5-6,8H,1-4,7H2. The molecule has 0 bridgehead atoms. The molecule has 82 valence electrons. The Morgan fingerprint density at radius 1 is 1.47 bits per heavy atom. The number of nitrogens with zero attached hydrogens (tertiary/aromatic N) is 3. The van der Waals surface area contributed by atoms with E-state index in [0.717, 1.165) is 34.9 Å². The lowest BCUT2D eigenvalue weighted by Gasteiger charge is -2.15. The van der Waals surface area contributed by atoms with Crippen molar-refractivity contribution in [3.8, 4) is 0 Å². The van der Waals surface area contributed by atoms with Gasteiger partial charge >= 0.3 is 0 Å². The summed E-state index contributed by atoms with van der Waals surface area (Å²) in [5, 5.41) is 0. The fourth-order valence-electron chi connectivity index (χ4n) is 1.87. The van der Waals surface area contributed by atoms with Gasteiger partial charge in [-0.25, -0.2) is 9.97 Å². The second-order valence-electron chi connectivity index (χ2n) is 3.78. The van der Waals surface area contributed by atoms with Crippen LogP contribution in [0.15, 0.2) is 12.4 Å². The minimum atomic E-state index is 0.713. The van der Waals surface area contributed by atoms with Gasteiger partial charge in [0, 0.05) is 34.9 Å². The summed E-state index contributed by atoms with van der Waals surface area (Å²) in [6.07, 6.45) is 6.03. The van der Waals surface area contributed by atoms with Gasteiger partial charge in [0.2, 0.25) is 5.95 Å². The van der Waals surface area contributed by atoms with Crippen LogP contribution in [-0.4, -0.2) is 28.9 Å². The largest absolute Gasteiger partial charge is 0.341 e. The average molecular weight is 338 g/mol. The van der Waals surface area contributed by atoms with Crippen LogP contribution in [0.1, 0.15) is 12.8 Å². The molecular formula is C10H13ClIN3. The first-order valence-corrected chi connectivity index (χ1v) is 6.69. The zero-order valence-corrected chi connectivity index (χ0v) is 11.3. The van der Waals surface area contributed by atoms with Gasteiger partial charge in [0.05, 0.1) is 0 Å². The van der Waals surface area contributed by atoms with E-state index in [1.54, 1.807) is 0 Å². The molecule has 5 heteroatoms. The monoisotopic (exact) mass is 337 g/mol. The second-order valence-corrected chi connectivity index (χ2v) is 5.40. The molecule has 1 unspecified atom stereocenters. The maximum Gasteiger partial charge on any atom is 0.225 e. The van der Waals surface area contributed by atoms with Crippen molar-refractivity contribution in [3.05, 3.63) is 16.0 Å². The molecule has 1 aliphatic heterocycles. The van der Waals surface area contributed by atoms with Crippen molar-refractivity contribution in [2.75, 3.05) is 23.9 Å². The van der Waals surface area contributed by atoms with E-state index in [4.69, 9.17) is 11.6 Å². The van der Waals surface area contributed by atoms with Gasteiger partial charge in [0.1, 0.15) is 0 Å². The van der Waals surface area contributed by atoms with Crippen LogP contribution in [0, 0.1) is 9.49 Å². The Labute approximate surface area is 108 Å². The summed E-state index contributed by atoms with van der Waals surface area (Å²) in [5.41, 5.74) is 0. The van der Waals surface area contributed by atoms with E-state index in [9.17, 15) is 0 Å². The number of hydrogen-bond donors (Lipinski definition) is 0. The Hall–Kier alpha value is -0.100. The highest BCUT2D eigenvalue weighted by molar-refractivity contribution is 14.1. The van der Waals surface area contributed by atoms with Crippen molar-refractivity contribution >= 4 is 40.1 Å². The lowest BCUT2D eigenvalue weighted by Crippen LogP contribution is -2.22. The zero-order valence-electron chi connectivity index (χ0n) is 8.37. The molecule has 2 rings (SSSR count). The molecule has 0 radical (unpaired) electrons. The number of halogens is 2. The predicted octanol–water partition coefficient (Wildman–Crippen LogP) is 2.54. The van der Waals surface area contributed by atoms with Gasteiger partial charge in [-0.05, 0) is 41.4 Å². The van der Waals surface area contributed by atoms with Crippen LogP contribution in [0.5, 0.6) is 0 Å². The van der Waals surface area contributed by atoms with Crippen molar-refractivity contribution in [1.29, 1.82) is 0 Å². The van der Waals surface area contributed by atoms with Crippen molar-refractivity contribution in [3.63, 3.8) is 0 Å². The van der Waals surface area contributed by atoms with Crippen LogP contribution in [0.25, 0.3) is 0 Å². The van der Waals surface area contributed by atoms with Gasteiger partial charge in [-0.1, -0.05) is 0 Å². The molecule has 1 aromatic heterocycles. The first kappa shape index (κ1) is 11.4. The average Bonchev–Trinajstić information content (AvgIpc) is 2.68. The minimum absolute atomic E-state index is 0.713. The van der Waals surface area contributed by atoms with Crippen molar-refractivity contribution in [2.45, 2.75) is 12.8 Å². The van der Waals surface area contributed by atoms with E-state index >= 15 is 0 Å². The summed E-state index contributed by atoms with van der Waals surface area (Å²) >= 11 is 7.96. The predicted molar refractivity (Wildman–Crippen MR) is 70.4 cm³/mol. The highest BCUT2D eigenvalue weighted by atomic mass is 127. The molecule has 0 N–H and O–H groups in total. The summed E-state index contributed by atoms with van der Waals surface area (Å²) < 4.78 is 1.08. The highest BCUT2D eigenvalue weighted by Gasteiger charge is 2.23. The van der Waals surface area contributed by atoms with E-state index < -0.39 is 0 Å². The van der Waals surface area contributed by atoms with Crippen molar-refractivity contribution < 1.29 is 0 Å². The van der Waals surface area contributed by atoms with E-state index in [1.807, 2.05) is 12.4 Å². The third-order valence-corrected chi connectivity index (χ3v) is 3.47. The van der Waals surface area contributed by atoms with Crippen molar-refractivity contribution in [1.82, 2.24) is 9.97 Å². The molecule has 0 amide bonds. The van der Waals surface area contributed by atoms with Crippen LogP contribution in [0.3, 0.4) is 0 Å². The Balaban J connectivity index is 1.98. The van der Waals surface area contributed by atoms with Gasteiger partial charge in [0.15, 0.2) is 0 Å². The Morgan fingerprint density at radius 2 is 2.20 bits per heavy atom. The maximum atomic E-state index is 5.75. The third-order valence-electron chi connectivity index (χ3n) is 2.69. The topological polar surface area (TPSA) is 29.0 Å². The van der Waals surface area contributed by atoms with Crippen LogP contribution in [0.2, 0.25) is 0 Å². The summed E-state index contributed by atoms with van der Waals surface area (Å²) in [5.74, 6) is 2.32. The summed E-state index contributed by atoms with van der Waals surface area (Å²) in [6.45, 7) is 2.11. The molecule has 0 aromatic carbocycles. The van der Waals surface area contributed by atoms with E-state index in [0.29, 0.717) is 5.92 Å². The number of hydrogen-bond acceptors (Lipinski definition) is 3. The first-order valence-electron chi connectivity index (χ1n) is 5.08. The molecule has 3 nitrogen and oxygen atoms in total. The SMILES string of the molecule is ClCCC1CCN(c2ncc(I)cn2)C1. The molecule has 1 fully saturated rings. The quantitative estimate of drug-likeness (QED) is 0.627. The molecule has 1 aromatic rings. The summed E-state index contributed by atoms with van der Waals surface area (Å²) in [6, 6.07) is 0. The fourth-order valence-corrected chi connectivity index (χ4v) is 2.46. The van der Waals surface area contributed by atoms with E-state index in [1.165, 1.54) is 6.42 Å². The summed E-state index contributed by atoms with van der Waals surface area (Å²) in [7, 11) is 0. The van der Waals surface area contributed by atoms with Crippen molar-refractivity contribution in [2.24, 2.45) is 5.92 Å². The fraction of sp³-hybridized carbons (Fsp3) is 0.600. The van der Waals surface area contributed by atoms with Gasteiger partial charge in [0.25, 0.3) is 0 Å². The van der Waals surface area contributed by atoms with E-state index in [2.05, 4.69) is 37.5 Å². The lowest BCUT2D eigenvalue weighted by atomic mass is 10.1. The molecule has 15 heavy (non-hydrogen) atoms. The number of alkyl halides is 1. The molecular weight excluding hydrogens is 324 g/mol. The second kappa shape index (κ2) is 5.30. The molecule has 0 saturated carbocycles. The normalized spacial score (nSPS) is 20.9. The van der Waals surface area contributed by atoms with Crippen LogP contribution < -0.4 is 4.90 Å². The molecule has 0 spiro atoms. The first-order chi connectivity index (χ1) is 7.29. The zero-order chi connectivity index (χ0) is 10.7. The lowest BCUT2D eigenvalue weighted by molar-refractivity contribution is 0.571. The van der Waals surface area contributed by atoms with Gasteiger partial charge in [-0.3, -0.25) is 0 Å². The van der Waals surface area contributed by atoms with Crippen LogP contribution in [-0.2, 0) is 0 Å². The molecule has 0 aliphatic carbocycles. The number of anilines is 1. The van der Waals surface area contributed by atoms with Crippen LogP contribution in [0.4, 0.5) is 5.95 Å². The van der Waals surface area contributed by atoms with Gasteiger partial charge < -0.3 is 4.90 Å². The van der Waals surface area contributed by atoms with E-state index in [-0.39, 0.29) is 0 Å². The Bertz CT molecular complexity index is 317. The van der Waals surface area contributed by atoms with Gasteiger partial charge in [-0.15, -0.1) is 11.6 Å². The maximum absolute atomic E-state index is 5.75. The number of rotatable bonds is 3.